The van der Waals surface area contributed by atoms with Crippen LogP contribution in [0.5, 0.6) is 0 Å². The molecule has 11 aromatic rings. The lowest BCUT2D eigenvalue weighted by Gasteiger charge is -2.26. The van der Waals surface area contributed by atoms with E-state index in [4.69, 9.17) is 4.42 Å². The van der Waals surface area contributed by atoms with E-state index in [1.54, 1.807) is 0 Å². The molecular formula is C56H37NO. The molecule has 0 saturated heterocycles. The van der Waals surface area contributed by atoms with Crippen LogP contribution in [0.15, 0.2) is 229 Å². The third-order valence-corrected chi connectivity index (χ3v) is 11.4. The molecule has 0 aliphatic heterocycles. The van der Waals surface area contributed by atoms with Gasteiger partial charge in [0.15, 0.2) is 0 Å². The lowest BCUT2D eigenvalue weighted by atomic mass is 9.89. The van der Waals surface area contributed by atoms with Crippen LogP contribution in [0.3, 0.4) is 0 Å². The summed E-state index contributed by atoms with van der Waals surface area (Å²) < 4.78 is 6.57. The number of hydrogen-bond donors (Lipinski definition) is 0. The third kappa shape index (κ3) is 5.91. The molecule has 0 amide bonds. The van der Waals surface area contributed by atoms with Crippen LogP contribution in [0, 0.1) is 0 Å². The summed E-state index contributed by atoms with van der Waals surface area (Å²) in [6, 6.07) is 80.6. The molecule has 1 heterocycles. The Morgan fingerprint density at radius 3 is 1.48 bits per heavy atom. The number of furan rings is 1. The van der Waals surface area contributed by atoms with Crippen LogP contribution in [0.1, 0.15) is 0 Å². The predicted octanol–water partition coefficient (Wildman–Crippen LogP) is 16.0. The van der Waals surface area contributed by atoms with Crippen LogP contribution < -0.4 is 4.90 Å². The minimum Gasteiger partial charge on any atom is -0.455 e. The first-order valence-electron chi connectivity index (χ1n) is 19.8. The van der Waals surface area contributed by atoms with Crippen molar-refractivity contribution in [3.8, 4) is 44.5 Å². The minimum atomic E-state index is 0.905. The van der Waals surface area contributed by atoms with E-state index in [0.717, 1.165) is 44.4 Å². The zero-order valence-electron chi connectivity index (χ0n) is 31.7. The number of benzene rings is 10. The van der Waals surface area contributed by atoms with Gasteiger partial charge >= 0.3 is 0 Å². The lowest BCUT2D eigenvalue weighted by Crippen LogP contribution is -2.09. The average Bonchev–Trinajstić information content (AvgIpc) is 3.70. The first-order valence-corrected chi connectivity index (χ1v) is 19.8. The molecule has 0 N–H and O–H groups in total. The highest BCUT2D eigenvalue weighted by Crippen LogP contribution is 2.45. The van der Waals surface area contributed by atoms with E-state index in [2.05, 4.69) is 223 Å². The Labute approximate surface area is 337 Å². The molecule has 0 aliphatic rings. The van der Waals surface area contributed by atoms with Crippen LogP contribution in [-0.4, -0.2) is 0 Å². The van der Waals surface area contributed by atoms with E-state index in [1.165, 1.54) is 60.7 Å². The van der Waals surface area contributed by atoms with Gasteiger partial charge in [-0.3, -0.25) is 0 Å². The van der Waals surface area contributed by atoms with Crippen molar-refractivity contribution in [2.24, 2.45) is 0 Å². The van der Waals surface area contributed by atoms with Crippen molar-refractivity contribution in [1.29, 1.82) is 0 Å². The topological polar surface area (TPSA) is 16.4 Å². The van der Waals surface area contributed by atoms with Crippen LogP contribution in [-0.2, 0) is 0 Å². The third-order valence-electron chi connectivity index (χ3n) is 11.4. The van der Waals surface area contributed by atoms with Gasteiger partial charge in [-0.25, -0.2) is 0 Å². The van der Waals surface area contributed by atoms with Crippen molar-refractivity contribution in [3.05, 3.63) is 224 Å². The maximum absolute atomic E-state index is 6.57. The molecule has 0 bridgehead atoms. The monoisotopic (exact) mass is 739 g/mol. The van der Waals surface area contributed by atoms with E-state index in [-0.39, 0.29) is 0 Å². The van der Waals surface area contributed by atoms with Crippen LogP contribution in [0.2, 0.25) is 0 Å². The van der Waals surface area contributed by atoms with E-state index in [1.807, 2.05) is 6.07 Å². The molecule has 0 radical (unpaired) electrons. The smallest absolute Gasteiger partial charge is 0.143 e. The zero-order chi connectivity index (χ0) is 38.4. The second-order valence-corrected chi connectivity index (χ2v) is 14.9. The molecule has 10 aromatic carbocycles. The molecule has 272 valence electrons. The van der Waals surface area contributed by atoms with Gasteiger partial charge < -0.3 is 9.32 Å². The van der Waals surface area contributed by atoms with Crippen molar-refractivity contribution in [2.45, 2.75) is 0 Å². The second-order valence-electron chi connectivity index (χ2n) is 14.9. The second kappa shape index (κ2) is 14.1. The number of nitrogens with zero attached hydrogens (tertiary/aromatic N) is 1. The largest absolute Gasteiger partial charge is 0.455 e. The lowest BCUT2D eigenvalue weighted by molar-refractivity contribution is 0.673. The van der Waals surface area contributed by atoms with E-state index >= 15 is 0 Å². The Morgan fingerprint density at radius 2 is 0.793 bits per heavy atom. The summed E-state index contributed by atoms with van der Waals surface area (Å²) in [6.07, 6.45) is 0. The van der Waals surface area contributed by atoms with Crippen LogP contribution >= 0.6 is 0 Å². The SMILES string of the molecule is c1ccc(-c2ccc(N(c3ccc(-c4ccccc4)cc3)c3ccc4cc(-c5ccccc5-c5cc6ccccc6c6oc7ccccc7c56)ccc4c3)cc2)cc1. The zero-order valence-corrected chi connectivity index (χ0v) is 31.7. The summed E-state index contributed by atoms with van der Waals surface area (Å²) in [4.78, 5) is 2.35. The molecule has 0 spiro atoms. The van der Waals surface area contributed by atoms with Crippen LogP contribution in [0.4, 0.5) is 17.1 Å². The summed E-state index contributed by atoms with van der Waals surface area (Å²) in [7, 11) is 0. The summed E-state index contributed by atoms with van der Waals surface area (Å²) in [5.41, 5.74) is 14.7. The summed E-state index contributed by atoms with van der Waals surface area (Å²) >= 11 is 0. The highest BCUT2D eigenvalue weighted by Gasteiger charge is 2.19. The number of para-hydroxylation sites is 1. The Hall–Kier alpha value is -7.68. The number of rotatable bonds is 7. The standard InChI is InChI=1S/C56H37NO/c1-3-13-38(14-4-1)40-25-30-46(31-26-40)57(47-32-27-41(28-33-47)39-15-5-2-6-16-39)48-34-29-42-35-45(24-23-43(42)36-48)49-18-9-10-20-51(49)53-37-44-17-7-8-19-50(44)56-55(53)52-21-11-12-22-54(52)58-56/h1-37H. The van der Waals surface area contributed by atoms with Crippen LogP contribution in [0.25, 0.3) is 88.0 Å². The molecule has 0 aliphatic carbocycles. The van der Waals surface area contributed by atoms with Crippen molar-refractivity contribution in [2.75, 3.05) is 4.90 Å². The summed E-state index contributed by atoms with van der Waals surface area (Å²) in [6.45, 7) is 0. The minimum absolute atomic E-state index is 0.905. The molecule has 2 nitrogen and oxygen atoms in total. The fraction of sp³-hybridized carbons (Fsp3) is 0. The fourth-order valence-corrected chi connectivity index (χ4v) is 8.60. The predicted molar refractivity (Wildman–Crippen MR) is 245 cm³/mol. The number of fused-ring (bicyclic) bond motifs is 6. The maximum Gasteiger partial charge on any atom is 0.143 e. The molecule has 11 rings (SSSR count). The van der Waals surface area contributed by atoms with Gasteiger partial charge in [-0.2, -0.15) is 0 Å². The Morgan fingerprint density at radius 1 is 0.293 bits per heavy atom. The summed E-state index contributed by atoms with van der Waals surface area (Å²) in [5, 5.41) is 6.95. The van der Waals surface area contributed by atoms with E-state index in [9.17, 15) is 0 Å². The van der Waals surface area contributed by atoms with Gasteiger partial charge in [0.05, 0.1) is 0 Å². The maximum atomic E-state index is 6.57. The fourth-order valence-electron chi connectivity index (χ4n) is 8.60. The molecule has 0 saturated carbocycles. The highest BCUT2D eigenvalue weighted by molar-refractivity contribution is 6.22. The molecule has 1 aromatic heterocycles. The van der Waals surface area contributed by atoms with Gasteiger partial charge in [0.2, 0.25) is 0 Å². The van der Waals surface area contributed by atoms with Gasteiger partial charge in [0.25, 0.3) is 0 Å². The average molecular weight is 740 g/mol. The van der Waals surface area contributed by atoms with E-state index < -0.39 is 0 Å². The first kappa shape index (κ1) is 33.6. The molecule has 0 fully saturated rings. The number of anilines is 3. The number of hydrogen-bond acceptors (Lipinski definition) is 2. The van der Waals surface area contributed by atoms with Gasteiger partial charge in [0, 0.05) is 33.2 Å². The molecule has 2 heteroatoms. The quantitative estimate of drug-likeness (QED) is 0.162. The van der Waals surface area contributed by atoms with Gasteiger partial charge in [-0.05, 0) is 115 Å². The Bertz CT molecular complexity index is 3170. The highest BCUT2D eigenvalue weighted by atomic mass is 16.3. The van der Waals surface area contributed by atoms with Gasteiger partial charge in [-0.1, -0.05) is 170 Å². The molecule has 0 unspecified atom stereocenters. The molecule has 0 atom stereocenters. The first-order chi connectivity index (χ1) is 28.7. The molecule has 58 heavy (non-hydrogen) atoms. The van der Waals surface area contributed by atoms with Crippen molar-refractivity contribution < 1.29 is 4.42 Å². The molecular weight excluding hydrogens is 703 g/mol. The van der Waals surface area contributed by atoms with Crippen molar-refractivity contribution in [3.63, 3.8) is 0 Å². The Kier molecular flexibility index (Phi) is 8.19. The summed E-state index contributed by atoms with van der Waals surface area (Å²) in [5.74, 6) is 0. The van der Waals surface area contributed by atoms with Gasteiger partial charge in [0.1, 0.15) is 11.2 Å². The normalized spacial score (nSPS) is 11.4. The van der Waals surface area contributed by atoms with E-state index in [0.29, 0.717) is 0 Å². The van der Waals surface area contributed by atoms with Gasteiger partial charge in [-0.15, -0.1) is 0 Å². The Balaban J connectivity index is 1.01. The van der Waals surface area contributed by atoms with Crippen molar-refractivity contribution in [1.82, 2.24) is 0 Å². The van der Waals surface area contributed by atoms with Crippen molar-refractivity contribution >= 4 is 60.5 Å².